The zero-order chi connectivity index (χ0) is 12.8. The quantitative estimate of drug-likeness (QED) is 0.735. The number of aryl methyl sites for hydroxylation is 1. The first kappa shape index (κ1) is 13.9. The summed E-state index contributed by atoms with van der Waals surface area (Å²) in [4.78, 5) is 0. The molecule has 0 amide bonds. The van der Waals surface area contributed by atoms with Gasteiger partial charge in [-0.15, -0.1) is 0 Å². The molecule has 0 aliphatic rings. The van der Waals surface area contributed by atoms with Crippen molar-refractivity contribution >= 4 is 0 Å². The van der Waals surface area contributed by atoms with Gasteiger partial charge in [0.25, 0.3) is 6.43 Å². The Morgan fingerprint density at radius 2 is 2.24 bits per heavy atom. The third-order valence-corrected chi connectivity index (χ3v) is 2.34. The average molecular weight is 249 g/mol. The van der Waals surface area contributed by atoms with Gasteiger partial charge in [-0.05, 0) is 6.42 Å². The molecular weight excluding hydrogens is 232 g/mol. The maximum atomic E-state index is 11.8. The van der Waals surface area contributed by atoms with Crippen molar-refractivity contribution in [2.24, 2.45) is 12.8 Å². The molecule has 1 heterocycles. The van der Waals surface area contributed by atoms with Gasteiger partial charge in [-0.3, -0.25) is 4.68 Å². The molecule has 0 fully saturated rings. The number of nitrogens with zero attached hydrogens (tertiary/aromatic N) is 2. The highest BCUT2D eigenvalue weighted by Crippen LogP contribution is 2.24. The number of halogens is 2. The maximum Gasteiger partial charge on any atom is 0.261 e. The minimum absolute atomic E-state index is 0.180. The largest absolute Gasteiger partial charge is 0.493 e. The van der Waals surface area contributed by atoms with Crippen LogP contribution in [0.5, 0.6) is 5.75 Å². The highest BCUT2D eigenvalue weighted by Gasteiger charge is 2.17. The van der Waals surface area contributed by atoms with Crippen molar-refractivity contribution in [1.29, 1.82) is 0 Å². The van der Waals surface area contributed by atoms with Gasteiger partial charge in [-0.1, -0.05) is 0 Å². The third-order valence-electron chi connectivity index (χ3n) is 2.34. The molecule has 0 radical (unpaired) electrons. The fourth-order valence-corrected chi connectivity index (χ4v) is 1.53. The lowest BCUT2D eigenvalue weighted by Crippen LogP contribution is -2.18. The predicted octanol–water partition coefficient (Wildman–Crippen LogP) is 1.10. The summed E-state index contributed by atoms with van der Waals surface area (Å²) >= 11 is 0. The van der Waals surface area contributed by atoms with Crippen LogP contribution in [0, 0.1) is 0 Å². The zero-order valence-electron chi connectivity index (χ0n) is 9.90. The monoisotopic (exact) mass is 249 g/mol. The Hall–Kier alpha value is -1.21. The third kappa shape index (κ3) is 3.94. The fourth-order valence-electron chi connectivity index (χ4n) is 1.53. The summed E-state index contributed by atoms with van der Waals surface area (Å²) in [5, 5.41) is 4.02. The van der Waals surface area contributed by atoms with Crippen LogP contribution >= 0.6 is 0 Å². The summed E-state index contributed by atoms with van der Waals surface area (Å²) in [6.45, 7) is -0.380. The van der Waals surface area contributed by atoms with E-state index >= 15 is 0 Å². The number of hydrogen-bond donors (Lipinski definition) is 1. The van der Waals surface area contributed by atoms with E-state index in [0.29, 0.717) is 12.2 Å². The van der Waals surface area contributed by atoms with Gasteiger partial charge in [0.1, 0.15) is 6.61 Å². The summed E-state index contributed by atoms with van der Waals surface area (Å²) in [7, 11) is 3.28. The van der Waals surface area contributed by atoms with Crippen molar-refractivity contribution in [2.45, 2.75) is 18.9 Å². The lowest BCUT2D eigenvalue weighted by Gasteiger charge is -2.13. The molecular formula is C10H17F2N3O2. The molecule has 0 saturated heterocycles. The van der Waals surface area contributed by atoms with E-state index in [9.17, 15) is 8.78 Å². The van der Waals surface area contributed by atoms with Crippen LogP contribution in [0.3, 0.4) is 0 Å². The Kier molecular flexibility index (Phi) is 5.30. The van der Waals surface area contributed by atoms with Crippen molar-refractivity contribution in [3.8, 4) is 5.75 Å². The summed E-state index contributed by atoms with van der Waals surface area (Å²) in [6, 6.07) is -0.352. The van der Waals surface area contributed by atoms with E-state index < -0.39 is 13.0 Å². The van der Waals surface area contributed by atoms with Crippen LogP contribution < -0.4 is 10.5 Å². The summed E-state index contributed by atoms with van der Waals surface area (Å²) in [5.41, 5.74) is 6.65. The maximum absolute atomic E-state index is 11.8. The number of hydrogen-bond acceptors (Lipinski definition) is 4. The Morgan fingerprint density at radius 3 is 2.82 bits per heavy atom. The molecule has 1 unspecified atom stereocenters. The van der Waals surface area contributed by atoms with Gasteiger partial charge in [0.2, 0.25) is 0 Å². The van der Waals surface area contributed by atoms with Crippen LogP contribution in [0.4, 0.5) is 8.78 Å². The number of alkyl halides is 2. The Labute approximate surface area is 98.5 Å². The Morgan fingerprint density at radius 1 is 1.53 bits per heavy atom. The van der Waals surface area contributed by atoms with Gasteiger partial charge < -0.3 is 15.2 Å². The van der Waals surface area contributed by atoms with Crippen LogP contribution in [0.1, 0.15) is 18.2 Å². The van der Waals surface area contributed by atoms with Crippen molar-refractivity contribution < 1.29 is 18.3 Å². The number of aromatic nitrogens is 2. The second kappa shape index (κ2) is 6.51. The van der Waals surface area contributed by atoms with Gasteiger partial charge in [-0.2, -0.15) is 5.10 Å². The van der Waals surface area contributed by atoms with E-state index in [-0.39, 0.29) is 12.6 Å². The Bertz CT molecular complexity index is 344. The first-order valence-corrected chi connectivity index (χ1v) is 5.23. The zero-order valence-corrected chi connectivity index (χ0v) is 9.90. The van der Waals surface area contributed by atoms with Crippen molar-refractivity contribution in [2.75, 3.05) is 20.3 Å². The van der Waals surface area contributed by atoms with E-state index in [1.54, 1.807) is 17.9 Å². The predicted molar refractivity (Wildman–Crippen MR) is 58.1 cm³/mol. The van der Waals surface area contributed by atoms with Crippen molar-refractivity contribution in [1.82, 2.24) is 9.78 Å². The highest BCUT2D eigenvalue weighted by atomic mass is 19.3. The second-order valence-electron chi connectivity index (χ2n) is 3.58. The molecule has 98 valence electrons. The minimum Gasteiger partial charge on any atom is -0.493 e. The van der Waals surface area contributed by atoms with E-state index in [2.05, 4.69) is 5.10 Å². The molecule has 1 aromatic rings. The van der Waals surface area contributed by atoms with Crippen molar-refractivity contribution in [3.63, 3.8) is 0 Å². The van der Waals surface area contributed by atoms with Crippen LogP contribution in [-0.4, -0.2) is 36.5 Å². The molecule has 5 nitrogen and oxygen atoms in total. The molecule has 1 aromatic heterocycles. The molecule has 0 aliphatic heterocycles. The molecule has 1 atom stereocenters. The van der Waals surface area contributed by atoms with Crippen LogP contribution in [0.2, 0.25) is 0 Å². The minimum atomic E-state index is -2.45. The van der Waals surface area contributed by atoms with E-state index in [4.69, 9.17) is 15.2 Å². The lowest BCUT2D eigenvalue weighted by atomic mass is 10.1. The average Bonchev–Trinajstić information content (AvgIpc) is 2.65. The highest BCUT2D eigenvalue weighted by molar-refractivity contribution is 5.27. The van der Waals surface area contributed by atoms with Crippen LogP contribution in [0.25, 0.3) is 0 Å². The van der Waals surface area contributed by atoms with Crippen LogP contribution in [0.15, 0.2) is 6.20 Å². The molecule has 0 aromatic carbocycles. The molecule has 0 aliphatic carbocycles. The topological polar surface area (TPSA) is 62.3 Å². The number of ether oxygens (including phenoxy) is 2. The smallest absolute Gasteiger partial charge is 0.261 e. The van der Waals surface area contributed by atoms with E-state index in [1.165, 1.54) is 7.11 Å². The van der Waals surface area contributed by atoms with E-state index in [1.807, 2.05) is 0 Å². The van der Waals surface area contributed by atoms with Gasteiger partial charge in [0, 0.05) is 13.7 Å². The number of methoxy groups -OCH3 is 1. The summed E-state index contributed by atoms with van der Waals surface area (Å²) < 4.78 is 35.1. The fraction of sp³-hybridized carbons (Fsp3) is 0.700. The van der Waals surface area contributed by atoms with Crippen molar-refractivity contribution in [3.05, 3.63) is 11.9 Å². The number of nitrogens with two attached hydrogens (primary N) is 1. The molecule has 7 heteroatoms. The van der Waals surface area contributed by atoms with Gasteiger partial charge in [-0.25, -0.2) is 8.78 Å². The summed E-state index contributed by atoms with van der Waals surface area (Å²) in [5.74, 6) is 0.592. The van der Waals surface area contributed by atoms with Gasteiger partial charge in [0.15, 0.2) is 5.75 Å². The van der Waals surface area contributed by atoms with Gasteiger partial charge in [0.05, 0.1) is 25.0 Å². The van der Waals surface area contributed by atoms with Crippen LogP contribution in [-0.2, 0) is 11.8 Å². The Balaban J connectivity index is 2.46. The number of rotatable bonds is 7. The van der Waals surface area contributed by atoms with E-state index in [0.717, 1.165) is 5.69 Å². The normalized spacial score (nSPS) is 13.1. The molecule has 2 N–H and O–H groups in total. The molecule has 0 spiro atoms. The molecule has 1 rings (SSSR count). The molecule has 0 bridgehead atoms. The standard InChI is InChI=1S/C10H17F2N3O2/c1-15-10(8(16-2)5-14-15)7(13)3-4-17-6-9(11)12/h5,7,9H,3-4,6,13H2,1-2H3. The second-order valence-corrected chi connectivity index (χ2v) is 3.58. The molecule has 17 heavy (non-hydrogen) atoms. The summed E-state index contributed by atoms with van der Waals surface area (Å²) in [6.07, 6.45) is -0.449. The lowest BCUT2D eigenvalue weighted by molar-refractivity contribution is 0.0150. The first-order valence-electron chi connectivity index (χ1n) is 5.23. The molecule has 0 saturated carbocycles. The van der Waals surface area contributed by atoms with Gasteiger partial charge >= 0.3 is 0 Å². The first-order chi connectivity index (χ1) is 8.06. The SMILES string of the molecule is COc1cnn(C)c1C(N)CCOCC(F)F.